The van der Waals surface area contributed by atoms with Crippen LogP contribution in [0.5, 0.6) is 5.75 Å². The van der Waals surface area contributed by atoms with Gasteiger partial charge in [0.2, 0.25) is 17.7 Å². The normalized spacial score (nSPS) is 24.3. The lowest BCUT2D eigenvalue weighted by molar-refractivity contribution is -0.149. The number of unbranched alkanes of at least 4 members (excludes halogenated alkanes) is 3. The SMILES string of the molecule is CN(C)CCCC[C@@H]1NC(=O)[C@@H]2C[C@H](C(=O)NCCCCCN)[C@H](c3ccc(O)cc3)N2C1=O. The van der Waals surface area contributed by atoms with Crippen molar-refractivity contribution in [2.24, 2.45) is 11.7 Å². The summed E-state index contributed by atoms with van der Waals surface area (Å²) in [4.78, 5) is 43.4. The summed E-state index contributed by atoms with van der Waals surface area (Å²) >= 11 is 0. The summed E-state index contributed by atoms with van der Waals surface area (Å²) in [5, 5.41) is 15.7. The maximum Gasteiger partial charge on any atom is 0.246 e. The molecule has 2 aliphatic heterocycles. The summed E-state index contributed by atoms with van der Waals surface area (Å²) in [5.74, 6) is -0.903. The molecule has 0 saturated carbocycles. The Labute approximate surface area is 202 Å². The number of carbonyl (C=O) groups is 3. The van der Waals surface area contributed by atoms with Crippen molar-refractivity contribution in [1.82, 2.24) is 20.4 Å². The number of benzene rings is 1. The average molecular weight is 474 g/mol. The number of piperazine rings is 1. The molecule has 0 radical (unpaired) electrons. The van der Waals surface area contributed by atoms with Crippen molar-refractivity contribution in [3.63, 3.8) is 0 Å². The summed E-state index contributed by atoms with van der Waals surface area (Å²) in [6.45, 7) is 2.09. The molecule has 2 aliphatic rings. The van der Waals surface area contributed by atoms with Gasteiger partial charge < -0.3 is 31.3 Å². The first-order chi connectivity index (χ1) is 16.3. The van der Waals surface area contributed by atoms with Crippen LogP contribution in [0.2, 0.25) is 0 Å². The standard InChI is InChI=1S/C25H39N5O4/c1-29(2)15-7-4-8-20-25(34)30-21(24(33)28-20)16-19(23(32)27-14-6-3-5-13-26)22(30)17-9-11-18(31)12-10-17/h9-12,19-22,31H,3-8,13-16,26H2,1-2H3,(H,27,32)(H,28,33)/t19-,20-,21-,22-/m0/s1. The Morgan fingerprint density at radius 2 is 1.88 bits per heavy atom. The molecule has 3 rings (SSSR count). The highest BCUT2D eigenvalue weighted by molar-refractivity contribution is 5.99. The molecule has 0 unspecified atom stereocenters. The van der Waals surface area contributed by atoms with E-state index >= 15 is 0 Å². The highest BCUT2D eigenvalue weighted by Gasteiger charge is 2.54. The van der Waals surface area contributed by atoms with Gasteiger partial charge in [-0.2, -0.15) is 0 Å². The predicted octanol–water partition coefficient (Wildman–Crippen LogP) is 1.13. The van der Waals surface area contributed by atoms with Crippen LogP contribution in [0.25, 0.3) is 0 Å². The second-order valence-electron chi connectivity index (χ2n) is 9.64. The van der Waals surface area contributed by atoms with Gasteiger partial charge in [0.1, 0.15) is 17.8 Å². The molecular weight excluding hydrogens is 434 g/mol. The third-order valence-electron chi connectivity index (χ3n) is 6.77. The Kier molecular flexibility index (Phi) is 9.29. The summed E-state index contributed by atoms with van der Waals surface area (Å²) in [6, 6.07) is 4.78. The van der Waals surface area contributed by atoms with Crippen LogP contribution in [0.15, 0.2) is 24.3 Å². The fourth-order valence-corrected chi connectivity index (χ4v) is 4.98. The molecule has 2 saturated heterocycles. The Balaban J connectivity index is 1.77. The molecule has 1 aromatic rings. The lowest BCUT2D eigenvalue weighted by atomic mass is 9.92. The zero-order valence-electron chi connectivity index (χ0n) is 20.3. The van der Waals surface area contributed by atoms with Gasteiger partial charge in [-0.25, -0.2) is 0 Å². The molecule has 0 aliphatic carbocycles. The molecule has 9 nitrogen and oxygen atoms in total. The first kappa shape index (κ1) is 26.0. The Bertz CT molecular complexity index is 844. The number of amides is 3. The van der Waals surface area contributed by atoms with Gasteiger partial charge in [-0.05, 0) is 83.4 Å². The Morgan fingerprint density at radius 1 is 1.15 bits per heavy atom. The van der Waals surface area contributed by atoms with Crippen LogP contribution in [-0.2, 0) is 14.4 Å². The van der Waals surface area contributed by atoms with E-state index in [1.54, 1.807) is 29.2 Å². The highest BCUT2D eigenvalue weighted by Crippen LogP contribution is 2.43. The molecule has 0 aromatic heterocycles. The van der Waals surface area contributed by atoms with Crippen molar-refractivity contribution in [1.29, 1.82) is 0 Å². The van der Waals surface area contributed by atoms with Crippen LogP contribution >= 0.6 is 0 Å². The zero-order chi connectivity index (χ0) is 24.7. The average Bonchev–Trinajstić information content (AvgIpc) is 3.21. The van der Waals surface area contributed by atoms with Crippen molar-refractivity contribution < 1.29 is 19.5 Å². The summed E-state index contributed by atoms with van der Waals surface area (Å²) in [5.41, 5.74) is 6.28. The molecule has 3 amide bonds. The molecule has 0 spiro atoms. The van der Waals surface area contributed by atoms with Gasteiger partial charge in [0, 0.05) is 6.54 Å². The van der Waals surface area contributed by atoms with Crippen molar-refractivity contribution in [3.8, 4) is 5.75 Å². The molecule has 34 heavy (non-hydrogen) atoms. The molecule has 4 atom stereocenters. The topological polar surface area (TPSA) is 128 Å². The summed E-state index contributed by atoms with van der Waals surface area (Å²) in [6.07, 6.45) is 5.30. The van der Waals surface area contributed by atoms with Gasteiger partial charge >= 0.3 is 0 Å². The van der Waals surface area contributed by atoms with Crippen molar-refractivity contribution in [2.45, 2.75) is 63.1 Å². The molecule has 1 aromatic carbocycles. The quantitative estimate of drug-likeness (QED) is 0.337. The molecular formula is C25H39N5O4. The largest absolute Gasteiger partial charge is 0.508 e. The lowest BCUT2D eigenvalue weighted by Crippen LogP contribution is -2.61. The molecule has 5 N–H and O–H groups in total. The lowest BCUT2D eigenvalue weighted by Gasteiger charge is -2.38. The van der Waals surface area contributed by atoms with Crippen LogP contribution < -0.4 is 16.4 Å². The van der Waals surface area contributed by atoms with Gasteiger partial charge in [-0.1, -0.05) is 18.6 Å². The number of nitrogens with one attached hydrogen (secondary N) is 2. The molecule has 188 valence electrons. The summed E-state index contributed by atoms with van der Waals surface area (Å²) in [7, 11) is 4.02. The Morgan fingerprint density at radius 3 is 2.56 bits per heavy atom. The number of aromatic hydroxyl groups is 1. The molecule has 2 fully saturated rings. The third kappa shape index (κ3) is 6.27. The second kappa shape index (κ2) is 12.2. The smallest absolute Gasteiger partial charge is 0.246 e. The number of phenols is 1. The van der Waals surface area contributed by atoms with E-state index in [9.17, 15) is 19.5 Å². The number of hydrogen-bond donors (Lipinski definition) is 4. The number of fused-ring (bicyclic) bond motifs is 1. The number of phenolic OH excluding ortho intramolecular Hbond substituents is 1. The zero-order valence-corrected chi connectivity index (χ0v) is 20.3. The van der Waals surface area contributed by atoms with Crippen LogP contribution in [0.1, 0.15) is 56.6 Å². The van der Waals surface area contributed by atoms with E-state index in [1.807, 2.05) is 14.1 Å². The van der Waals surface area contributed by atoms with E-state index in [-0.39, 0.29) is 29.9 Å². The van der Waals surface area contributed by atoms with Gasteiger partial charge in [0.25, 0.3) is 0 Å². The van der Waals surface area contributed by atoms with Crippen LogP contribution in [0, 0.1) is 5.92 Å². The number of carbonyl (C=O) groups excluding carboxylic acids is 3. The van der Waals surface area contributed by atoms with Crippen molar-refractivity contribution in [2.75, 3.05) is 33.7 Å². The molecule has 9 heteroatoms. The number of rotatable bonds is 12. The fourth-order valence-electron chi connectivity index (χ4n) is 4.98. The van der Waals surface area contributed by atoms with Gasteiger partial charge in [0.05, 0.1) is 12.0 Å². The van der Waals surface area contributed by atoms with Crippen LogP contribution in [0.4, 0.5) is 0 Å². The van der Waals surface area contributed by atoms with Crippen molar-refractivity contribution in [3.05, 3.63) is 29.8 Å². The first-order valence-electron chi connectivity index (χ1n) is 12.4. The minimum Gasteiger partial charge on any atom is -0.508 e. The third-order valence-corrected chi connectivity index (χ3v) is 6.77. The first-order valence-corrected chi connectivity index (χ1v) is 12.4. The molecule has 2 heterocycles. The van der Waals surface area contributed by atoms with E-state index in [1.165, 1.54) is 0 Å². The van der Waals surface area contributed by atoms with E-state index in [0.29, 0.717) is 19.5 Å². The number of hydrogen-bond acceptors (Lipinski definition) is 6. The maximum atomic E-state index is 13.5. The summed E-state index contributed by atoms with van der Waals surface area (Å²) < 4.78 is 0. The number of nitrogens with two attached hydrogens (primary N) is 1. The van der Waals surface area contributed by atoms with E-state index in [2.05, 4.69) is 15.5 Å². The number of nitrogens with zero attached hydrogens (tertiary/aromatic N) is 2. The molecule has 0 bridgehead atoms. The van der Waals surface area contributed by atoms with Gasteiger partial charge in [0.15, 0.2) is 0 Å². The van der Waals surface area contributed by atoms with Crippen LogP contribution in [0.3, 0.4) is 0 Å². The van der Waals surface area contributed by atoms with E-state index < -0.39 is 24.0 Å². The van der Waals surface area contributed by atoms with E-state index in [4.69, 9.17) is 5.73 Å². The highest BCUT2D eigenvalue weighted by atomic mass is 16.3. The van der Waals surface area contributed by atoms with Gasteiger partial charge in [-0.3, -0.25) is 14.4 Å². The van der Waals surface area contributed by atoms with E-state index in [0.717, 1.165) is 44.2 Å². The van der Waals surface area contributed by atoms with Crippen molar-refractivity contribution >= 4 is 17.7 Å². The maximum absolute atomic E-state index is 13.5. The second-order valence-corrected chi connectivity index (χ2v) is 9.64. The minimum absolute atomic E-state index is 0.112. The van der Waals surface area contributed by atoms with Gasteiger partial charge in [-0.15, -0.1) is 0 Å². The fraction of sp³-hybridized carbons (Fsp3) is 0.640. The minimum atomic E-state index is -0.669. The predicted molar refractivity (Wildman–Crippen MR) is 130 cm³/mol. The van der Waals surface area contributed by atoms with Crippen LogP contribution in [-0.4, -0.2) is 78.4 Å². The Hall–Kier alpha value is -2.65. The monoisotopic (exact) mass is 473 g/mol.